The van der Waals surface area contributed by atoms with Crippen LogP contribution in [0.3, 0.4) is 0 Å². The fraction of sp³-hybridized carbons (Fsp3) is 0.294. The van der Waals surface area contributed by atoms with Crippen molar-refractivity contribution in [3.8, 4) is 5.75 Å². The minimum absolute atomic E-state index is 0.0857. The van der Waals surface area contributed by atoms with Gasteiger partial charge in [0.15, 0.2) is 6.61 Å². The van der Waals surface area contributed by atoms with Crippen molar-refractivity contribution < 1.29 is 13.9 Å². The second-order valence-corrected chi connectivity index (χ2v) is 5.91. The van der Waals surface area contributed by atoms with E-state index in [4.69, 9.17) is 9.15 Å². The Morgan fingerprint density at radius 2 is 2.00 bits per heavy atom. The lowest BCUT2D eigenvalue weighted by atomic mass is 9.87. The zero-order valence-corrected chi connectivity index (χ0v) is 13.0. The highest BCUT2D eigenvalue weighted by Gasteiger charge is 2.13. The topological polar surface area (TPSA) is 63.8 Å². The lowest BCUT2D eigenvalue weighted by molar-refractivity contribution is -0.123. The molecule has 2 aromatic rings. The van der Waals surface area contributed by atoms with Gasteiger partial charge in [0.1, 0.15) is 5.75 Å². The van der Waals surface area contributed by atoms with Gasteiger partial charge in [-0.15, -0.1) is 0 Å². The van der Waals surface area contributed by atoms with Gasteiger partial charge in [0, 0.05) is 5.56 Å². The van der Waals surface area contributed by atoms with Gasteiger partial charge in [-0.2, -0.15) is 5.10 Å². The zero-order chi connectivity index (χ0) is 16.0. The van der Waals surface area contributed by atoms with E-state index in [0.29, 0.717) is 5.75 Å². The van der Waals surface area contributed by atoms with E-state index in [0.717, 1.165) is 5.56 Å². The van der Waals surface area contributed by atoms with Crippen molar-refractivity contribution in [2.24, 2.45) is 5.10 Å². The van der Waals surface area contributed by atoms with Gasteiger partial charge in [0.05, 0.1) is 18.7 Å². The number of benzene rings is 1. The number of amides is 1. The second-order valence-electron chi connectivity index (χ2n) is 5.91. The number of hydrogen-bond donors (Lipinski definition) is 1. The summed E-state index contributed by atoms with van der Waals surface area (Å²) in [6.07, 6.45) is 4.57. The Hall–Kier alpha value is -2.56. The molecular weight excluding hydrogens is 280 g/mol. The molecule has 0 saturated heterocycles. The molecule has 22 heavy (non-hydrogen) atoms. The average Bonchev–Trinajstić information content (AvgIpc) is 2.98. The molecule has 0 atom stereocenters. The van der Waals surface area contributed by atoms with Gasteiger partial charge in [-0.1, -0.05) is 32.9 Å². The largest absolute Gasteiger partial charge is 0.484 e. The molecular formula is C17H20N2O3. The van der Waals surface area contributed by atoms with Crippen molar-refractivity contribution in [1.29, 1.82) is 0 Å². The number of carbonyl (C=O) groups excluding carboxylic acids is 1. The maximum Gasteiger partial charge on any atom is 0.277 e. The first kappa shape index (κ1) is 15.8. The molecule has 0 radical (unpaired) electrons. The summed E-state index contributed by atoms with van der Waals surface area (Å²) in [6, 6.07) is 9.47. The molecule has 0 fully saturated rings. The molecule has 1 N–H and O–H groups in total. The first-order chi connectivity index (χ1) is 10.4. The van der Waals surface area contributed by atoms with Gasteiger partial charge < -0.3 is 9.15 Å². The number of nitrogens with one attached hydrogen (secondary N) is 1. The SMILES string of the molecule is CC(C)(C)c1ccc(OCC(=O)N/N=C\c2ccoc2)cc1. The molecule has 2 rings (SSSR count). The van der Waals surface area contributed by atoms with E-state index in [1.165, 1.54) is 24.3 Å². The summed E-state index contributed by atoms with van der Waals surface area (Å²) in [7, 11) is 0. The van der Waals surface area contributed by atoms with E-state index >= 15 is 0 Å². The van der Waals surface area contributed by atoms with Crippen LogP contribution in [0.25, 0.3) is 0 Å². The van der Waals surface area contributed by atoms with Crippen LogP contribution >= 0.6 is 0 Å². The van der Waals surface area contributed by atoms with E-state index in [1.54, 1.807) is 6.07 Å². The lowest BCUT2D eigenvalue weighted by Gasteiger charge is -2.19. The van der Waals surface area contributed by atoms with E-state index < -0.39 is 0 Å². The molecule has 0 spiro atoms. The van der Waals surface area contributed by atoms with Gasteiger partial charge in [-0.05, 0) is 29.2 Å². The molecule has 5 heteroatoms. The van der Waals surface area contributed by atoms with Gasteiger partial charge >= 0.3 is 0 Å². The molecule has 116 valence electrons. The Morgan fingerprint density at radius 3 is 2.59 bits per heavy atom. The number of rotatable bonds is 5. The van der Waals surface area contributed by atoms with Crippen LogP contribution in [0.1, 0.15) is 31.9 Å². The summed E-state index contributed by atoms with van der Waals surface area (Å²) >= 11 is 0. The number of hydrogen-bond acceptors (Lipinski definition) is 4. The van der Waals surface area contributed by atoms with Crippen LogP contribution in [-0.2, 0) is 10.2 Å². The maximum absolute atomic E-state index is 11.6. The Balaban J connectivity index is 1.78. The molecule has 0 aliphatic rings. The number of carbonyl (C=O) groups is 1. The van der Waals surface area contributed by atoms with Crippen LogP contribution < -0.4 is 10.2 Å². The summed E-state index contributed by atoms with van der Waals surface area (Å²) in [6.45, 7) is 6.36. The van der Waals surface area contributed by atoms with Gasteiger partial charge in [0.2, 0.25) is 0 Å². The molecule has 0 bridgehead atoms. The van der Waals surface area contributed by atoms with Crippen molar-refractivity contribution in [2.45, 2.75) is 26.2 Å². The molecule has 0 saturated carbocycles. The number of furan rings is 1. The molecule has 0 aliphatic carbocycles. The first-order valence-electron chi connectivity index (χ1n) is 7.02. The summed E-state index contributed by atoms with van der Waals surface area (Å²) < 4.78 is 10.3. The smallest absolute Gasteiger partial charge is 0.277 e. The summed E-state index contributed by atoms with van der Waals surface area (Å²) in [5.41, 5.74) is 4.48. The van der Waals surface area contributed by atoms with E-state index in [1.807, 2.05) is 24.3 Å². The normalized spacial score (nSPS) is 11.6. The molecule has 1 aromatic carbocycles. The van der Waals surface area contributed by atoms with Crippen molar-refractivity contribution in [2.75, 3.05) is 6.61 Å². The Kier molecular flexibility index (Phi) is 4.99. The third kappa shape index (κ3) is 4.77. The minimum atomic E-state index is -0.320. The number of hydrazone groups is 1. The maximum atomic E-state index is 11.6. The third-order valence-corrected chi connectivity index (χ3v) is 3.04. The summed E-state index contributed by atoms with van der Waals surface area (Å²) in [5, 5.41) is 3.81. The highest BCUT2D eigenvalue weighted by Crippen LogP contribution is 2.24. The first-order valence-corrected chi connectivity index (χ1v) is 7.02. The molecule has 1 aromatic heterocycles. The molecule has 0 aliphatic heterocycles. The fourth-order valence-corrected chi connectivity index (χ4v) is 1.76. The average molecular weight is 300 g/mol. The van der Waals surface area contributed by atoms with Crippen molar-refractivity contribution in [1.82, 2.24) is 5.43 Å². The van der Waals surface area contributed by atoms with Gasteiger partial charge in [-0.3, -0.25) is 4.79 Å². The van der Waals surface area contributed by atoms with Crippen molar-refractivity contribution in [3.63, 3.8) is 0 Å². The van der Waals surface area contributed by atoms with Crippen LogP contribution in [0.2, 0.25) is 0 Å². The van der Waals surface area contributed by atoms with E-state index in [-0.39, 0.29) is 17.9 Å². The molecule has 0 unspecified atom stereocenters. The third-order valence-electron chi connectivity index (χ3n) is 3.04. The Labute approximate surface area is 130 Å². The Morgan fingerprint density at radius 1 is 1.27 bits per heavy atom. The quantitative estimate of drug-likeness (QED) is 0.681. The van der Waals surface area contributed by atoms with E-state index in [2.05, 4.69) is 31.3 Å². The molecule has 1 heterocycles. The van der Waals surface area contributed by atoms with E-state index in [9.17, 15) is 4.79 Å². The summed E-state index contributed by atoms with van der Waals surface area (Å²) in [4.78, 5) is 11.6. The standard InChI is InChI=1S/C17H20N2O3/c1-17(2,3)14-4-6-15(7-5-14)22-12-16(20)19-18-10-13-8-9-21-11-13/h4-11H,12H2,1-3H3,(H,19,20)/b18-10-. The summed E-state index contributed by atoms with van der Waals surface area (Å²) in [5.74, 6) is 0.335. The lowest BCUT2D eigenvalue weighted by Crippen LogP contribution is -2.24. The minimum Gasteiger partial charge on any atom is -0.484 e. The highest BCUT2D eigenvalue weighted by atomic mass is 16.5. The second kappa shape index (κ2) is 6.93. The highest BCUT2D eigenvalue weighted by molar-refractivity contribution is 5.82. The Bertz CT molecular complexity index is 623. The van der Waals surface area contributed by atoms with Crippen LogP contribution in [0.15, 0.2) is 52.4 Å². The number of nitrogens with zero attached hydrogens (tertiary/aromatic N) is 1. The van der Waals surface area contributed by atoms with Gasteiger partial charge in [0.25, 0.3) is 5.91 Å². The molecule has 1 amide bonds. The number of ether oxygens (including phenoxy) is 1. The van der Waals surface area contributed by atoms with Crippen LogP contribution in [0, 0.1) is 0 Å². The predicted octanol–water partition coefficient (Wildman–Crippen LogP) is 3.11. The van der Waals surface area contributed by atoms with Crippen LogP contribution in [0.5, 0.6) is 5.75 Å². The van der Waals surface area contributed by atoms with Crippen LogP contribution in [0.4, 0.5) is 0 Å². The zero-order valence-electron chi connectivity index (χ0n) is 13.0. The van der Waals surface area contributed by atoms with Crippen molar-refractivity contribution in [3.05, 3.63) is 54.0 Å². The monoisotopic (exact) mass is 300 g/mol. The van der Waals surface area contributed by atoms with Crippen LogP contribution in [-0.4, -0.2) is 18.7 Å². The fourth-order valence-electron chi connectivity index (χ4n) is 1.76. The van der Waals surface area contributed by atoms with Gasteiger partial charge in [-0.25, -0.2) is 5.43 Å². The molecule has 5 nitrogen and oxygen atoms in total. The van der Waals surface area contributed by atoms with Crippen molar-refractivity contribution >= 4 is 12.1 Å². The predicted molar refractivity (Wildman–Crippen MR) is 85.1 cm³/mol.